The molecule has 1 aromatic carbocycles. The number of hydrogen-bond acceptors (Lipinski definition) is 4. The summed E-state index contributed by atoms with van der Waals surface area (Å²) in [7, 11) is -1.94. The lowest BCUT2D eigenvalue weighted by Crippen LogP contribution is -2.34. The van der Waals surface area contributed by atoms with Gasteiger partial charge in [-0.05, 0) is 45.4 Å². The van der Waals surface area contributed by atoms with E-state index in [4.69, 9.17) is 14.8 Å². The maximum Gasteiger partial charge on any atom is 0.491 e. The molecule has 19 heavy (non-hydrogen) atoms. The second-order valence-corrected chi connectivity index (χ2v) is 5.19. The monoisotopic (exact) mass is 269 g/mol. The quantitative estimate of drug-likeness (QED) is 0.704. The van der Waals surface area contributed by atoms with E-state index in [2.05, 4.69) is 5.32 Å². The van der Waals surface area contributed by atoms with Crippen LogP contribution in [0.4, 0.5) is 14.9 Å². The Balaban J connectivity index is 2.95. The van der Waals surface area contributed by atoms with Crippen LogP contribution >= 0.6 is 0 Å². The molecular weight excluding hydrogens is 252 g/mol. The van der Waals surface area contributed by atoms with Crippen molar-refractivity contribution in [1.29, 1.82) is 0 Å². The van der Waals surface area contributed by atoms with Gasteiger partial charge in [0.25, 0.3) is 0 Å². The lowest BCUT2D eigenvalue weighted by molar-refractivity contribution is 0.0635. The molecule has 0 heterocycles. The van der Waals surface area contributed by atoms with Crippen molar-refractivity contribution in [2.24, 2.45) is 0 Å². The van der Waals surface area contributed by atoms with E-state index in [1.165, 1.54) is 6.07 Å². The Labute approximate surface area is 111 Å². The number of carbonyl (C=O) groups excluding carboxylic acids is 1. The number of hydrogen-bond donors (Lipinski definition) is 3. The second-order valence-electron chi connectivity index (χ2n) is 5.19. The Morgan fingerprint density at radius 1 is 1.37 bits per heavy atom. The third kappa shape index (κ3) is 4.53. The van der Waals surface area contributed by atoms with Gasteiger partial charge in [0, 0.05) is 11.2 Å². The number of amides is 1. The van der Waals surface area contributed by atoms with Crippen molar-refractivity contribution in [3.63, 3.8) is 0 Å². The largest absolute Gasteiger partial charge is 0.491 e. The number of halogens is 1. The van der Waals surface area contributed by atoms with Gasteiger partial charge in [-0.25, -0.2) is 9.18 Å². The normalized spacial score (nSPS) is 11.1. The number of ether oxygens (including phenoxy) is 1. The van der Waals surface area contributed by atoms with Crippen molar-refractivity contribution in [3.8, 4) is 0 Å². The molecule has 5 nitrogen and oxygen atoms in total. The summed E-state index contributed by atoms with van der Waals surface area (Å²) in [4.78, 5) is 11.6. The first-order chi connectivity index (χ1) is 8.60. The van der Waals surface area contributed by atoms with E-state index in [0.29, 0.717) is 5.56 Å². The first-order valence-electron chi connectivity index (χ1n) is 5.76. The molecule has 1 rings (SSSR count). The minimum Gasteiger partial charge on any atom is -0.444 e. The maximum absolute atomic E-state index is 13.4. The zero-order chi connectivity index (χ0) is 14.8. The molecule has 0 unspecified atom stereocenters. The molecule has 0 radical (unpaired) electrons. The SMILES string of the molecule is Cc1cc(F)c(B(O)O)cc1NC(=O)OC(C)(C)C. The van der Waals surface area contributed by atoms with Crippen LogP contribution in [0, 0.1) is 12.7 Å². The highest BCUT2D eigenvalue weighted by molar-refractivity contribution is 6.58. The highest BCUT2D eigenvalue weighted by Crippen LogP contribution is 2.16. The van der Waals surface area contributed by atoms with Crippen molar-refractivity contribution in [3.05, 3.63) is 23.5 Å². The predicted molar refractivity (Wildman–Crippen MR) is 70.8 cm³/mol. The highest BCUT2D eigenvalue weighted by atomic mass is 19.1. The van der Waals surface area contributed by atoms with E-state index >= 15 is 0 Å². The van der Waals surface area contributed by atoms with Crippen molar-refractivity contribution < 1.29 is 24.0 Å². The Hall–Kier alpha value is -1.60. The summed E-state index contributed by atoms with van der Waals surface area (Å²) in [6.45, 7) is 6.73. The van der Waals surface area contributed by atoms with Crippen molar-refractivity contribution >= 4 is 24.4 Å². The first kappa shape index (κ1) is 15.5. The zero-order valence-electron chi connectivity index (χ0n) is 11.3. The van der Waals surface area contributed by atoms with Gasteiger partial charge in [-0.1, -0.05) is 0 Å². The van der Waals surface area contributed by atoms with Crippen molar-refractivity contribution in [2.45, 2.75) is 33.3 Å². The third-order valence-corrected chi connectivity index (χ3v) is 2.26. The van der Waals surface area contributed by atoms with Gasteiger partial charge in [0.1, 0.15) is 11.4 Å². The standard InChI is InChI=1S/C12H17BFNO4/c1-7-5-9(14)8(13(17)18)6-10(7)15-11(16)19-12(2,3)4/h5-6,17-18H,1-4H3,(H,15,16). The molecule has 0 atom stereocenters. The molecule has 0 aliphatic carbocycles. The van der Waals surface area contributed by atoms with E-state index < -0.39 is 24.6 Å². The number of carbonyl (C=O) groups is 1. The van der Waals surface area contributed by atoms with Crippen LogP contribution in [0.15, 0.2) is 12.1 Å². The molecule has 3 N–H and O–H groups in total. The zero-order valence-corrected chi connectivity index (χ0v) is 11.3. The summed E-state index contributed by atoms with van der Waals surface area (Å²) in [6.07, 6.45) is -0.694. The van der Waals surface area contributed by atoms with Crippen LogP contribution in [0.2, 0.25) is 0 Å². The Bertz CT molecular complexity index is 485. The molecule has 104 valence electrons. The van der Waals surface area contributed by atoms with Gasteiger partial charge < -0.3 is 14.8 Å². The first-order valence-corrected chi connectivity index (χ1v) is 5.76. The average molecular weight is 269 g/mol. The number of anilines is 1. The molecule has 1 amide bonds. The van der Waals surface area contributed by atoms with Crippen LogP contribution in [0.3, 0.4) is 0 Å². The summed E-state index contributed by atoms with van der Waals surface area (Å²) in [5.74, 6) is -0.748. The minimum absolute atomic E-state index is 0.263. The molecular formula is C12H17BFNO4. The predicted octanol–water partition coefficient (Wildman–Crippen LogP) is 1.16. The minimum atomic E-state index is -1.94. The smallest absolute Gasteiger partial charge is 0.444 e. The Morgan fingerprint density at radius 3 is 2.42 bits per heavy atom. The Kier molecular flexibility index (Phi) is 4.54. The summed E-state index contributed by atoms with van der Waals surface area (Å²) in [6, 6.07) is 2.28. The van der Waals surface area contributed by atoms with Gasteiger partial charge in [0.2, 0.25) is 0 Å². The maximum atomic E-state index is 13.4. The lowest BCUT2D eigenvalue weighted by Gasteiger charge is -2.20. The van der Waals surface area contributed by atoms with Crippen LogP contribution in [0.25, 0.3) is 0 Å². The average Bonchev–Trinajstić information content (AvgIpc) is 2.18. The van der Waals surface area contributed by atoms with E-state index in [-0.39, 0.29) is 11.2 Å². The molecule has 0 saturated carbocycles. The number of rotatable bonds is 2. The molecule has 0 saturated heterocycles. The van der Waals surface area contributed by atoms with Gasteiger partial charge in [-0.15, -0.1) is 0 Å². The van der Waals surface area contributed by atoms with Gasteiger partial charge in [0.15, 0.2) is 0 Å². The molecule has 0 spiro atoms. The molecule has 0 aromatic heterocycles. The summed E-state index contributed by atoms with van der Waals surface area (Å²) in [5, 5.41) is 20.5. The van der Waals surface area contributed by atoms with Gasteiger partial charge >= 0.3 is 13.2 Å². The van der Waals surface area contributed by atoms with Gasteiger partial charge in [-0.3, -0.25) is 5.32 Å². The van der Waals surface area contributed by atoms with Crippen molar-refractivity contribution in [2.75, 3.05) is 5.32 Å². The third-order valence-electron chi connectivity index (χ3n) is 2.26. The molecule has 0 fully saturated rings. The van der Waals surface area contributed by atoms with Gasteiger partial charge in [0.05, 0.1) is 0 Å². The lowest BCUT2D eigenvalue weighted by atomic mass is 9.79. The summed E-state index contributed by atoms with van der Waals surface area (Å²) in [5.41, 5.74) is -0.250. The fourth-order valence-electron chi connectivity index (χ4n) is 1.44. The van der Waals surface area contributed by atoms with E-state index in [0.717, 1.165) is 6.07 Å². The number of benzene rings is 1. The highest BCUT2D eigenvalue weighted by Gasteiger charge is 2.21. The molecule has 0 aliphatic rings. The van der Waals surface area contributed by atoms with E-state index in [1.54, 1.807) is 27.7 Å². The van der Waals surface area contributed by atoms with Crippen LogP contribution in [0.1, 0.15) is 26.3 Å². The summed E-state index contributed by atoms with van der Waals surface area (Å²) >= 11 is 0. The Morgan fingerprint density at radius 2 is 1.95 bits per heavy atom. The van der Waals surface area contributed by atoms with Crippen LogP contribution in [-0.2, 0) is 4.74 Å². The molecule has 1 aromatic rings. The second kappa shape index (κ2) is 5.58. The summed E-state index contributed by atoms with van der Waals surface area (Å²) < 4.78 is 18.5. The van der Waals surface area contributed by atoms with Crippen LogP contribution in [0.5, 0.6) is 0 Å². The fraction of sp³-hybridized carbons (Fsp3) is 0.417. The van der Waals surface area contributed by atoms with E-state index in [9.17, 15) is 9.18 Å². The number of aryl methyl sites for hydroxylation is 1. The van der Waals surface area contributed by atoms with Crippen LogP contribution in [-0.4, -0.2) is 28.9 Å². The van der Waals surface area contributed by atoms with E-state index in [1.807, 2.05) is 0 Å². The number of nitrogens with one attached hydrogen (secondary N) is 1. The topological polar surface area (TPSA) is 78.8 Å². The van der Waals surface area contributed by atoms with Crippen LogP contribution < -0.4 is 10.8 Å². The van der Waals surface area contributed by atoms with Gasteiger partial charge in [-0.2, -0.15) is 0 Å². The molecule has 7 heteroatoms. The van der Waals surface area contributed by atoms with Crippen molar-refractivity contribution in [1.82, 2.24) is 0 Å². The fourth-order valence-corrected chi connectivity index (χ4v) is 1.44. The molecule has 0 bridgehead atoms. The molecule has 0 aliphatic heterocycles.